The first-order chi connectivity index (χ1) is 14.7. The van der Waals surface area contributed by atoms with Gasteiger partial charge in [0.05, 0.1) is 11.2 Å². The van der Waals surface area contributed by atoms with Crippen molar-refractivity contribution in [3.8, 4) is 0 Å². The molecule has 0 saturated carbocycles. The lowest BCUT2D eigenvalue weighted by Crippen LogP contribution is -2.66. The van der Waals surface area contributed by atoms with Gasteiger partial charge >= 0.3 is 7.12 Å². The Bertz CT molecular complexity index is 970. The Morgan fingerprint density at radius 2 is 1.42 bits per heavy atom. The summed E-state index contributed by atoms with van der Waals surface area (Å²) in [6.07, 6.45) is 2.00. The first-order valence-corrected chi connectivity index (χ1v) is 14.4. The zero-order chi connectivity index (χ0) is 22.1. The van der Waals surface area contributed by atoms with Crippen molar-refractivity contribution < 1.29 is 9.31 Å². The van der Waals surface area contributed by atoms with E-state index in [0.29, 0.717) is 0 Å². The fraction of sp³-hybridized carbons (Fsp3) is 0.385. The van der Waals surface area contributed by atoms with Crippen LogP contribution in [0.4, 0.5) is 0 Å². The van der Waals surface area contributed by atoms with Crippen molar-refractivity contribution in [3.63, 3.8) is 0 Å². The van der Waals surface area contributed by atoms with Gasteiger partial charge in [0.25, 0.3) is 0 Å². The fourth-order valence-electron chi connectivity index (χ4n) is 4.56. The topological polar surface area (TPSA) is 18.5 Å². The molecule has 3 aromatic rings. The summed E-state index contributed by atoms with van der Waals surface area (Å²) in [6, 6.07) is 26.1. The minimum Gasteiger partial charge on any atom is -0.403 e. The lowest BCUT2D eigenvalue weighted by molar-refractivity contribution is 0.00578. The predicted molar refractivity (Wildman–Crippen MR) is 137 cm³/mol. The third-order valence-electron chi connectivity index (χ3n) is 7.05. The van der Waals surface area contributed by atoms with Crippen LogP contribution in [0.15, 0.2) is 72.1 Å². The monoisotopic (exact) mass is 448 g/mol. The molecule has 162 valence electrons. The molecule has 2 heterocycles. The van der Waals surface area contributed by atoms with Crippen molar-refractivity contribution in [2.24, 2.45) is 0 Å². The van der Waals surface area contributed by atoms with Gasteiger partial charge in [-0.3, -0.25) is 0 Å². The molecule has 1 aliphatic rings. The maximum atomic E-state index is 6.29. The van der Waals surface area contributed by atoms with E-state index in [1.165, 1.54) is 20.4 Å². The number of benzene rings is 2. The Morgan fingerprint density at radius 1 is 0.806 bits per heavy atom. The molecule has 0 spiro atoms. The van der Waals surface area contributed by atoms with Crippen LogP contribution in [-0.4, -0.2) is 26.4 Å². The normalized spacial score (nSPS) is 19.3. The van der Waals surface area contributed by atoms with Crippen molar-refractivity contribution in [2.75, 3.05) is 0 Å². The van der Waals surface area contributed by atoms with Gasteiger partial charge in [0.2, 0.25) is 0 Å². The highest BCUT2D eigenvalue weighted by Crippen LogP contribution is 2.38. The summed E-state index contributed by atoms with van der Waals surface area (Å²) in [5.74, 6) is 0. The lowest BCUT2D eigenvalue weighted by atomic mass is 9.83. The van der Waals surface area contributed by atoms with Crippen LogP contribution in [0.5, 0.6) is 0 Å². The minimum atomic E-state index is -2.13. The van der Waals surface area contributed by atoms with Gasteiger partial charge in [-0.15, -0.1) is 0 Å². The Kier molecular flexibility index (Phi) is 6.33. The molecule has 1 unspecified atom stereocenters. The molecule has 0 radical (unpaired) electrons. The summed E-state index contributed by atoms with van der Waals surface area (Å²) in [7, 11) is -2.26. The molecule has 1 aliphatic heterocycles. The smallest absolute Gasteiger partial charge is 0.403 e. The van der Waals surface area contributed by atoms with Crippen LogP contribution in [0, 0.1) is 6.92 Å². The number of rotatable bonds is 7. The molecule has 1 fully saturated rings. The summed E-state index contributed by atoms with van der Waals surface area (Å²) >= 11 is 1.91. The van der Waals surface area contributed by atoms with Gasteiger partial charge in [0.1, 0.15) is 0 Å². The highest BCUT2D eigenvalue weighted by Gasteiger charge is 2.51. The minimum absolute atomic E-state index is 0.131. The number of thiophene rings is 1. The first kappa shape index (κ1) is 22.5. The van der Waals surface area contributed by atoms with Crippen LogP contribution < -0.4 is 14.9 Å². The van der Waals surface area contributed by atoms with Gasteiger partial charge in [-0.05, 0) is 62.7 Å². The SMILES string of the molecule is Cc1ccc([Si](CCCB2OC(C)(C)C(C)(C)O2)(c2ccccc2)c2cccs2)cc1. The maximum absolute atomic E-state index is 6.29. The van der Waals surface area contributed by atoms with E-state index in [0.717, 1.165) is 18.8 Å². The van der Waals surface area contributed by atoms with Gasteiger partial charge in [-0.2, -0.15) is 11.3 Å². The third-order valence-corrected chi connectivity index (χ3v) is 13.9. The van der Waals surface area contributed by atoms with Gasteiger partial charge in [0.15, 0.2) is 8.07 Å². The van der Waals surface area contributed by atoms with E-state index < -0.39 is 8.07 Å². The fourth-order valence-corrected chi connectivity index (χ4v) is 11.4. The molecule has 2 aromatic carbocycles. The van der Waals surface area contributed by atoms with E-state index in [2.05, 4.69) is 107 Å². The quantitative estimate of drug-likeness (QED) is 0.473. The second-order valence-corrected chi connectivity index (χ2v) is 15.0. The van der Waals surface area contributed by atoms with Crippen molar-refractivity contribution in [1.82, 2.24) is 0 Å². The van der Waals surface area contributed by atoms with Crippen molar-refractivity contribution in [1.29, 1.82) is 0 Å². The molecular formula is C26H33BO2SSi. The van der Waals surface area contributed by atoms with Crippen LogP contribution in [0.25, 0.3) is 0 Å². The van der Waals surface area contributed by atoms with Gasteiger partial charge in [-0.1, -0.05) is 78.7 Å². The van der Waals surface area contributed by atoms with Crippen LogP contribution in [0.1, 0.15) is 39.7 Å². The predicted octanol–water partition coefficient (Wildman–Crippen LogP) is 5.01. The van der Waals surface area contributed by atoms with E-state index in [1.807, 2.05) is 11.3 Å². The Morgan fingerprint density at radius 3 is 2.00 bits per heavy atom. The standard InChI is InChI=1S/C26H33BO2SSi/c1-21-14-16-23(17-15-21)31(24-13-9-19-30-24,22-11-7-6-8-12-22)20-10-18-27-28-25(2,3)26(4,5)29-27/h6-9,11-17,19H,10,18,20H2,1-5H3. The molecule has 5 heteroatoms. The largest absolute Gasteiger partial charge is 0.457 e. The molecular weight excluding hydrogens is 415 g/mol. The van der Waals surface area contributed by atoms with Crippen LogP contribution in [0.3, 0.4) is 0 Å². The molecule has 0 N–H and O–H groups in total. The van der Waals surface area contributed by atoms with Gasteiger partial charge in [-0.25, -0.2) is 0 Å². The van der Waals surface area contributed by atoms with E-state index in [-0.39, 0.29) is 18.3 Å². The number of aryl methyl sites for hydroxylation is 1. The number of hydrogen-bond donors (Lipinski definition) is 0. The second kappa shape index (κ2) is 8.70. The van der Waals surface area contributed by atoms with Gasteiger partial charge in [0, 0.05) is 4.50 Å². The van der Waals surface area contributed by atoms with E-state index in [1.54, 1.807) is 0 Å². The third kappa shape index (κ3) is 4.34. The van der Waals surface area contributed by atoms with Gasteiger partial charge < -0.3 is 9.31 Å². The van der Waals surface area contributed by atoms with Crippen molar-refractivity contribution >= 4 is 41.4 Å². The molecule has 2 nitrogen and oxygen atoms in total. The number of hydrogen-bond acceptors (Lipinski definition) is 3. The molecule has 1 saturated heterocycles. The molecule has 4 rings (SSSR count). The molecule has 0 amide bonds. The van der Waals surface area contributed by atoms with Crippen molar-refractivity contribution in [2.45, 2.75) is 64.6 Å². The highest BCUT2D eigenvalue weighted by molar-refractivity contribution is 7.31. The molecule has 31 heavy (non-hydrogen) atoms. The van der Waals surface area contributed by atoms with Crippen LogP contribution >= 0.6 is 11.3 Å². The Hall–Kier alpha value is -1.66. The van der Waals surface area contributed by atoms with E-state index in [4.69, 9.17) is 9.31 Å². The Balaban J connectivity index is 1.67. The average Bonchev–Trinajstić information content (AvgIpc) is 3.33. The molecule has 1 aromatic heterocycles. The highest BCUT2D eigenvalue weighted by atomic mass is 32.1. The zero-order valence-corrected chi connectivity index (χ0v) is 21.2. The Labute approximate surface area is 192 Å². The zero-order valence-electron chi connectivity index (χ0n) is 19.4. The van der Waals surface area contributed by atoms with Crippen LogP contribution in [0.2, 0.25) is 12.4 Å². The second-order valence-electron chi connectivity index (χ2n) is 9.69. The molecule has 0 aliphatic carbocycles. The van der Waals surface area contributed by atoms with E-state index >= 15 is 0 Å². The summed E-state index contributed by atoms with van der Waals surface area (Å²) in [6.45, 7) is 10.7. The summed E-state index contributed by atoms with van der Waals surface area (Å²) in [5, 5.41) is 5.19. The van der Waals surface area contributed by atoms with E-state index in [9.17, 15) is 0 Å². The summed E-state index contributed by atoms with van der Waals surface area (Å²) < 4.78 is 14.1. The average molecular weight is 449 g/mol. The maximum Gasteiger partial charge on any atom is 0.457 e. The lowest BCUT2D eigenvalue weighted by Gasteiger charge is -2.32. The summed E-state index contributed by atoms with van der Waals surface area (Å²) in [5.41, 5.74) is 0.773. The van der Waals surface area contributed by atoms with Crippen LogP contribution in [-0.2, 0) is 9.31 Å². The summed E-state index contributed by atoms with van der Waals surface area (Å²) in [4.78, 5) is 0. The van der Waals surface area contributed by atoms with Crippen molar-refractivity contribution in [3.05, 3.63) is 77.7 Å². The first-order valence-electron chi connectivity index (χ1n) is 11.3. The molecule has 0 bridgehead atoms. The molecule has 1 atom stereocenters.